The van der Waals surface area contributed by atoms with Crippen molar-refractivity contribution in [3.05, 3.63) is 69.0 Å². The maximum atomic E-state index is 12.9. The van der Waals surface area contributed by atoms with E-state index in [9.17, 15) is 4.79 Å². The van der Waals surface area contributed by atoms with E-state index in [2.05, 4.69) is 17.0 Å². The van der Waals surface area contributed by atoms with Gasteiger partial charge in [-0.1, -0.05) is 55.0 Å². The van der Waals surface area contributed by atoms with Crippen LogP contribution in [0.3, 0.4) is 0 Å². The van der Waals surface area contributed by atoms with Crippen LogP contribution in [0, 0.1) is 0 Å². The normalized spacial score (nSPS) is 11.9. The molecule has 2 heterocycles. The van der Waals surface area contributed by atoms with E-state index in [0.717, 1.165) is 29.7 Å². The van der Waals surface area contributed by atoms with Crippen LogP contribution >= 0.6 is 11.3 Å². The highest BCUT2D eigenvalue weighted by atomic mass is 32.1. The summed E-state index contributed by atoms with van der Waals surface area (Å²) < 4.78 is 13.2. The minimum atomic E-state index is -0.193. The Morgan fingerprint density at radius 2 is 1.86 bits per heavy atom. The Morgan fingerprint density at radius 3 is 2.62 bits per heavy atom. The smallest absolute Gasteiger partial charge is 0.291 e. The summed E-state index contributed by atoms with van der Waals surface area (Å²) in [5.74, 6) is 1.91. The van der Waals surface area contributed by atoms with Crippen LogP contribution in [0.1, 0.15) is 25.3 Å². The SMILES string of the molecule is CCCCOc1ccccc1/C=c1/sc2nc(-c3ccccc3OC)nn2c1=O. The third-order valence-corrected chi connectivity index (χ3v) is 5.45. The summed E-state index contributed by atoms with van der Waals surface area (Å²) in [5, 5.41) is 4.41. The molecule has 0 aliphatic heterocycles. The van der Waals surface area contributed by atoms with Crippen LogP contribution in [0.25, 0.3) is 22.4 Å². The summed E-state index contributed by atoms with van der Waals surface area (Å²) in [4.78, 5) is 18.0. The molecule has 29 heavy (non-hydrogen) atoms. The lowest BCUT2D eigenvalue weighted by atomic mass is 10.2. The number of para-hydroxylation sites is 2. The van der Waals surface area contributed by atoms with Crippen molar-refractivity contribution in [2.45, 2.75) is 19.8 Å². The number of nitrogens with zero attached hydrogens (tertiary/aromatic N) is 3. The van der Waals surface area contributed by atoms with Crippen LogP contribution < -0.4 is 19.6 Å². The first-order valence-electron chi connectivity index (χ1n) is 9.47. The molecule has 0 N–H and O–H groups in total. The van der Waals surface area contributed by atoms with Crippen molar-refractivity contribution in [3.8, 4) is 22.9 Å². The zero-order valence-corrected chi connectivity index (χ0v) is 17.1. The molecule has 4 aromatic rings. The average Bonchev–Trinajstić information content (AvgIpc) is 3.29. The van der Waals surface area contributed by atoms with Gasteiger partial charge in [0.15, 0.2) is 5.82 Å². The van der Waals surface area contributed by atoms with Crippen LogP contribution in [-0.2, 0) is 0 Å². The van der Waals surface area contributed by atoms with Crippen molar-refractivity contribution in [1.82, 2.24) is 14.6 Å². The molecular weight excluding hydrogens is 386 g/mol. The number of aromatic nitrogens is 3. The van der Waals surface area contributed by atoms with E-state index in [-0.39, 0.29) is 5.56 Å². The fourth-order valence-corrected chi connectivity index (χ4v) is 3.87. The summed E-state index contributed by atoms with van der Waals surface area (Å²) in [6, 6.07) is 15.2. The van der Waals surface area contributed by atoms with E-state index in [4.69, 9.17) is 9.47 Å². The number of unbranched alkanes of at least 4 members (excludes halogenated alkanes) is 1. The van der Waals surface area contributed by atoms with Crippen molar-refractivity contribution in [3.63, 3.8) is 0 Å². The van der Waals surface area contributed by atoms with Gasteiger partial charge in [0.05, 0.1) is 23.8 Å². The monoisotopic (exact) mass is 407 g/mol. The van der Waals surface area contributed by atoms with Crippen molar-refractivity contribution in [2.24, 2.45) is 0 Å². The number of thiazole rings is 1. The number of rotatable bonds is 7. The van der Waals surface area contributed by atoms with Crippen LogP contribution in [0.4, 0.5) is 0 Å². The maximum Gasteiger partial charge on any atom is 0.291 e. The molecule has 4 rings (SSSR count). The van der Waals surface area contributed by atoms with Gasteiger partial charge in [0, 0.05) is 5.56 Å². The highest BCUT2D eigenvalue weighted by molar-refractivity contribution is 7.15. The van der Waals surface area contributed by atoms with Gasteiger partial charge in [-0.2, -0.15) is 9.50 Å². The van der Waals surface area contributed by atoms with Crippen LogP contribution in [-0.4, -0.2) is 28.3 Å². The van der Waals surface area contributed by atoms with Crippen LogP contribution in [0.2, 0.25) is 0 Å². The Balaban J connectivity index is 1.73. The second kappa shape index (κ2) is 8.45. The topological polar surface area (TPSA) is 65.7 Å². The molecule has 0 saturated heterocycles. The minimum Gasteiger partial charge on any atom is -0.496 e. The van der Waals surface area contributed by atoms with Crippen molar-refractivity contribution in [1.29, 1.82) is 0 Å². The highest BCUT2D eigenvalue weighted by Crippen LogP contribution is 2.27. The second-order valence-corrected chi connectivity index (χ2v) is 7.49. The van der Waals surface area contributed by atoms with Gasteiger partial charge in [-0.05, 0) is 30.7 Å². The fraction of sp³-hybridized carbons (Fsp3) is 0.227. The minimum absolute atomic E-state index is 0.193. The van der Waals surface area contributed by atoms with Crippen LogP contribution in [0.15, 0.2) is 53.3 Å². The van der Waals surface area contributed by atoms with Gasteiger partial charge >= 0.3 is 0 Å². The lowest BCUT2D eigenvalue weighted by Crippen LogP contribution is -2.23. The molecule has 2 aromatic carbocycles. The number of fused-ring (bicyclic) bond motifs is 1. The van der Waals surface area contributed by atoms with Crippen molar-refractivity contribution < 1.29 is 9.47 Å². The van der Waals surface area contributed by atoms with Crippen molar-refractivity contribution in [2.75, 3.05) is 13.7 Å². The molecule has 0 atom stereocenters. The van der Waals surface area contributed by atoms with E-state index < -0.39 is 0 Å². The predicted molar refractivity (Wildman–Crippen MR) is 115 cm³/mol. The Hall–Kier alpha value is -3.19. The molecule has 148 valence electrons. The fourth-order valence-electron chi connectivity index (χ4n) is 2.98. The first-order valence-corrected chi connectivity index (χ1v) is 10.3. The average molecular weight is 407 g/mol. The van der Waals surface area contributed by atoms with E-state index in [1.807, 2.05) is 54.6 Å². The Bertz CT molecular complexity index is 1250. The van der Waals surface area contributed by atoms with Gasteiger partial charge in [-0.15, -0.1) is 5.10 Å². The summed E-state index contributed by atoms with van der Waals surface area (Å²) in [5.41, 5.74) is 1.43. The molecular formula is C22H21N3O3S. The Morgan fingerprint density at radius 1 is 1.10 bits per heavy atom. The van der Waals surface area contributed by atoms with Gasteiger partial charge < -0.3 is 9.47 Å². The molecule has 0 bridgehead atoms. The molecule has 0 saturated carbocycles. The summed E-state index contributed by atoms with van der Waals surface area (Å²) >= 11 is 1.31. The molecule has 0 spiro atoms. The summed E-state index contributed by atoms with van der Waals surface area (Å²) in [6.07, 6.45) is 3.90. The summed E-state index contributed by atoms with van der Waals surface area (Å²) in [6.45, 7) is 2.78. The molecule has 2 aromatic heterocycles. The van der Waals surface area contributed by atoms with Gasteiger partial charge in [0.2, 0.25) is 4.96 Å². The molecule has 0 amide bonds. The van der Waals surface area contributed by atoms with Gasteiger partial charge in [0.25, 0.3) is 5.56 Å². The first kappa shape index (κ1) is 19.1. The predicted octanol–water partition coefficient (Wildman–Crippen LogP) is 3.55. The first-order chi connectivity index (χ1) is 14.2. The zero-order chi connectivity index (χ0) is 20.2. The number of hydrogen-bond donors (Lipinski definition) is 0. The third-order valence-electron chi connectivity index (χ3n) is 4.49. The number of ether oxygens (including phenoxy) is 2. The van der Waals surface area contributed by atoms with E-state index in [1.54, 1.807) is 7.11 Å². The maximum absolute atomic E-state index is 12.9. The lowest BCUT2D eigenvalue weighted by molar-refractivity contribution is 0.309. The van der Waals surface area contributed by atoms with Crippen LogP contribution in [0.5, 0.6) is 11.5 Å². The molecule has 0 fully saturated rings. The Labute approximate surface area is 172 Å². The van der Waals surface area contributed by atoms with Gasteiger partial charge in [-0.3, -0.25) is 4.79 Å². The Kier molecular flexibility index (Phi) is 5.57. The second-order valence-electron chi connectivity index (χ2n) is 6.49. The highest BCUT2D eigenvalue weighted by Gasteiger charge is 2.15. The van der Waals surface area contributed by atoms with Gasteiger partial charge in [-0.25, -0.2) is 0 Å². The van der Waals surface area contributed by atoms with Crippen molar-refractivity contribution >= 4 is 22.4 Å². The summed E-state index contributed by atoms with van der Waals surface area (Å²) in [7, 11) is 1.60. The van der Waals surface area contributed by atoms with E-state index in [0.29, 0.717) is 27.7 Å². The molecule has 6 nitrogen and oxygen atoms in total. The number of hydrogen-bond acceptors (Lipinski definition) is 6. The lowest BCUT2D eigenvalue weighted by Gasteiger charge is -2.07. The van der Waals surface area contributed by atoms with E-state index >= 15 is 0 Å². The van der Waals surface area contributed by atoms with Gasteiger partial charge in [0.1, 0.15) is 11.5 Å². The quantitative estimate of drug-likeness (QED) is 0.438. The molecule has 0 radical (unpaired) electrons. The van der Waals surface area contributed by atoms with E-state index in [1.165, 1.54) is 15.9 Å². The third kappa shape index (κ3) is 3.86. The number of benzene rings is 2. The standard InChI is InChI=1S/C22H21N3O3S/c1-3-4-13-28-17-11-7-5-9-15(17)14-19-21(26)25-22(29-19)23-20(24-25)16-10-6-8-12-18(16)27-2/h5-12,14H,3-4,13H2,1-2H3/b19-14+. The molecule has 0 unspecified atom stereocenters. The largest absolute Gasteiger partial charge is 0.496 e. The number of methoxy groups -OCH3 is 1. The molecule has 0 aliphatic rings. The zero-order valence-electron chi connectivity index (χ0n) is 16.3. The molecule has 0 aliphatic carbocycles. The molecule has 7 heteroatoms.